The van der Waals surface area contributed by atoms with E-state index < -0.39 is 0 Å². The lowest BCUT2D eigenvalue weighted by atomic mass is 10.1. The topological polar surface area (TPSA) is 34.9 Å². The minimum atomic E-state index is 0.257. The zero-order valence-corrected chi connectivity index (χ0v) is 10.3. The molecule has 0 amide bonds. The van der Waals surface area contributed by atoms with Crippen LogP contribution in [0.5, 0.6) is 0 Å². The molecule has 0 N–H and O–H groups in total. The second-order valence-corrected chi connectivity index (χ2v) is 4.49. The summed E-state index contributed by atoms with van der Waals surface area (Å²) < 4.78 is 1.82. The van der Waals surface area contributed by atoms with Gasteiger partial charge in [-0.2, -0.15) is 5.10 Å². The molecule has 0 spiro atoms. The first-order valence-corrected chi connectivity index (χ1v) is 5.73. The Morgan fingerprint density at radius 1 is 1.24 bits per heavy atom. The third kappa shape index (κ3) is 2.28. The SMILES string of the molecule is Cc1ccc(-c2nn(C(C)C)cc2C=O)cc1. The van der Waals surface area contributed by atoms with E-state index in [1.807, 2.05) is 49.7 Å². The summed E-state index contributed by atoms with van der Waals surface area (Å²) in [6.07, 6.45) is 2.66. The van der Waals surface area contributed by atoms with E-state index >= 15 is 0 Å². The van der Waals surface area contributed by atoms with E-state index in [0.717, 1.165) is 17.5 Å². The summed E-state index contributed by atoms with van der Waals surface area (Å²) in [5.74, 6) is 0. The number of nitrogens with zero attached hydrogens (tertiary/aromatic N) is 2. The molecule has 1 aromatic heterocycles. The van der Waals surface area contributed by atoms with Crippen molar-refractivity contribution in [2.75, 3.05) is 0 Å². The van der Waals surface area contributed by atoms with Gasteiger partial charge in [-0.15, -0.1) is 0 Å². The second kappa shape index (κ2) is 4.53. The van der Waals surface area contributed by atoms with Crippen LogP contribution < -0.4 is 0 Å². The molecule has 0 saturated heterocycles. The smallest absolute Gasteiger partial charge is 0.153 e. The van der Waals surface area contributed by atoms with Crippen molar-refractivity contribution in [1.29, 1.82) is 0 Å². The predicted octanol–water partition coefficient (Wildman–Crippen LogP) is 3.25. The number of carbonyl (C=O) groups is 1. The van der Waals surface area contributed by atoms with Gasteiger partial charge in [-0.3, -0.25) is 9.48 Å². The summed E-state index contributed by atoms with van der Waals surface area (Å²) in [6, 6.07) is 8.30. The van der Waals surface area contributed by atoms with Crippen molar-refractivity contribution >= 4 is 6.29 Å². The maximum Gasteiger partial charge on any atom is 0.153 e. The van der Waals surface area contributed by atoms with Gasteiger partial charge < -0.3 is 0 Å². The molecule has 17 heavy (non-hydrogen) atoms. The van der Waals surface area contributed by atoms with Crippen LogP contribution >= 0.6 is 0 Å². The van der Waals surface area contributed by atoms with E-state index in [0.29, 0.717) is 5.56 Å². The number of hydrogen-bond acceptors (Lipinski definition) is 2. The lowest BCUT2D eigenvalue weighted by Gasteiger charge is -2.03. The zero-order valence-electron chi connectivity index (χ0n) is 10.3. The number of benzene rings is 1. The highest BCUT2D eigenvalue weighted by atomic mass is 16.1. The Bertz CT molecular complexity index is 524. The molecule has 0 unspecified atom stereocenters. The second-order valence-electron chi connectivity index (χ2n) is 4.49. The van der Waals surface area contributed by atoms with Gasteiger partial charge in [-0.1, -0.05) is 29.8 Å². The van der Waals surface area contributed by atoms with Crippen LogP contribution in [-0.2, 0) is 0 Å². The van der Waals surface area contributed by atoms with Gasteiger partial charge in [0.05, 0.1) is 5.56 Å². The molecule has 2 rings (SSSR count). The maximum atomic E-state index is 11.1. The Labute approximate surface area is 101 Å². The van der Waals surface area contributed by atoms with Crippen molar-refractivity contribution in [2.24, 2.45) is 0 Å². The minimum absolute atomic E-state index is 0.257. The minimum Gasteiger partial charge on any atom is -0.298 e. The average Bonchev–Trinajstić information content (AvgIpc) is 2.74. The van der Waals surface area contributed by atoms with Crippen LogP contribution in [0.25, 0.3) is 11.3 Å². The van der Waals surface area contributed by atoms with E-state index in [4.69, 9.17) is 0 Å². The highest BCUT2D eigenvalue weighted by Gasteiger charge is 2.11. The molecule has 88 valence electrons. The third-order valence-electron chi connectivity index (χ3n) is 2.74. The molecule has 3 nitrogen and oxygen atoms in total. The zero-order chi connectivity index (χ0) is 12.4. The highest BCUT2D eigenvalue weighted by molar-refractivity contribution is 5.85. The lowest BCUT2D eigenvalue weighted by molar-refractivity contribution is 0.112. The van der Waals surface area contributed by atoms with E-state index in [9.17, 15) is 4.79 Å². The summed E-state index contributed by atoms with van der Waals surface area (Å²) in [6.45, 7) is 6.12. The van der Waals surface area contributed by atoms with Crippen LogP contribution in [-0.4, -0.2) is 16.1 Å². The van der Waals surface area contributed by atoms with Gasteiger partial charge in [-0.05, 0) is 20.8 Å². The van der Waals surface area contributed by atoms with E-state index in [1.54, 1.807) is 6.20 Å². The van der Waals surface area contributed by atoms with Gasteiger partial charge in [0, 0.05) is 17.8 Å². The molecular weight excluding hydrogens is 212 g/mol. The fraction of sp³-hybridized carbons (Fsp3) is 0.286. The molecule has 0 fully saturated rings. The van der Waals surface area contributed by atoms with Crippen LogP contribution in [0.2, 0.25) is 0 Å². The Morgan fingerprint density at radius 2 is 1.88 bits per heavy atom. The number of rotatable bonds is 3. The van der Waals surface area contributed by atoms with Gasteiger partial charge in [0.1, 0.15) is 5.69 Å². The van der Waals surface area contributed by atoms with Crippen molar-refractivity contribution in [2.45, 2.75) is 26.8 Å². The average molecular weight is 228 g/mol. The number of carbonyl (C=O) groups excluding carboxylic acids is 1. The van der Waals surface area contributed by atoms with Gasteiger partial charge in [0.15, 0.2) is 6.29 Å². The first kappa shape index (κ1) is 11.6. The highest BCUT2D eigenvalue weighted by Crippen LogP contribution is 2.22. The molecule has 0 saturated carbocycles. The maximum absolute atomic E-state index is 11.1. The van der Waals surface area contributed by atoms with Gasteiger partial charge in [-0.25, -0.2) is 0 Å². The Kier molecular flexibility index (Phi) is 3.09. The van der Waals surface area contributed by atoms with Crippen LogP contribution in [0.1, 0.15) is 35.8 Å². The van der Waals surface area contributed by atoms with Crippen LogP contribution in [0.4, 0.5) is 0 Å². The van der Waals surface area contributed by atoms with E-state index in [-0.39, 0.29) is 6.04 Å². The molecule has 0 aliphatic rings. The van der Waals surface area contributed by atoms with Crippen molar-refractivity contribution in [3.05, 3.63) is 41.6 Å². The molecule has 2 aromatic rings. The molecule has 0 bridgehead atoms. The van der Waals surface area contributed by atoms with Gasteiger partial charge in [0.2, 0.25) is 0 Å². The normalized spacial score (nSPS) is 10.8. The van der Waals surface area contributed by atoms with E-state index in [2.05, 4.69) is 5.10 Å². The van der Waals surface area contributed by atoms with E-state index in [1.165, 1.54) is 5.56 Å². The first-order valence-electron chi connectivity index (χ1n) is 5.73. The summed E-state index contributed by atoms with van der Waals surface area (Å²) in [5, 5.41) is 4.47. The van der Waals surface area contributed by atoms with Crippen LogP contribution in [0.3, 0.4) is 0 Å². The summed E-state index contributed by atoms with van der Waals surface area (Å²) in [5.41, 5.74) is 3.58. The van der Waals surface area contributed by atoms with Crippen molar-refractivity contribution < 1.29 is 4.79 Å². The molecule has 0 aliphatic heterocycles. The monoisotopic (exact) mass is 228 g/mol. The predicted molar refractivity (Wildman–Crippen MR) is 68.2 cm³/mol. The molecule has 0 aliphatic carbocycles. The number of hydrogen-bond donors (Lipinski definition) is 0. The number of aldehydes is 1. The van der Waals surface area contributed by atoms with Crippen molar-refractivity contribution in [3.8, 4) is 11.3 Å². The number of aromatic nitrogens is 2. The Balaban J connectivity index is 2.50. The van der Waals surface area contributed by atoms with Crippen molar-refractivity contribution in [3.63, 3.8) is 0 Å². The quantitative estimate of drug-likeness (QED) is 0.756. The summed E-state index contributed by atoms with van der Waals surface area (Å²) in [7, 11) is 0. The fourth-order valence-corrected chi connectivity index (χ4v) is 1.69. The third-order valence-corrected chi connectivity index (χ3v) is 2.74. The molecule has 0 atom stereocenters. The molecule has 0 radical (unpaired) electrons. The lowest BCUT2D eigenvalue weighted by Crippen LogP contribution is -2.00. The number of aryl methyl sites for hydroxylation is 1. The standard InChI is InChI=1S/C14H16N2O/c1-10(2)16-8-13(9-17)14(15-16)12-6-4-11(3)5-7-12/h4-10H,1-3H3. The molecule has 1 aromatic carbocycles. The molecular formula is C14H16N2O. The van der Waals surface area contributed by atoms with Gasteiger partial charge in [0.25, 0.3) is 0 Å². The summed E-state index contributed by atoms with van der Waals surface area (Å²) in [4.78, 5) is 11.1. The largest absolute Gasteiger partial charge is 0.298 e. The fourth-order valence-electron chi connectivity index (χ4n) is 1.69. The molecule has 1 heterocycles. The van der Waals surface area contributed by atoms with Gasteiger partial charge >= 0.3 is 0 Å². The summed E-state index contributed by atoms with van der Waals surface area (Å²) >= 11 is 0. The first-order chi connectivity index (χ1) is 8.11. The van der Waals surface area contributed by atoms with Crippen LogP contribution in [0.15, 0.2) is 30.5 Å². The Hall–Kier alpha value is -1.90. The van der Waals surface area contributed by atoms with Crippen LogP contribution in [0, 0.1) is 6.92 Å². The van der Waals surface area contributed by atoms with Crippen molar-refractivity contribution in [1.82, 2.24) is 9.78 Å². The molecule has 3 heteroatoms. The Morgan fingerprint density at radius 3 is 2.41 bits per heavy atom.